The van der Waals surface area contributed by atoms with E-state index in [2.05, 4.69) is 5.32 Å². The van der Waals surface area contributed by atoms with Crippen molar-refractivity contribution in [1.82, 2.24) is 5.32 Å². The third-order valence-electron chi connectivity index (χ3n) is 2.92. The number of rotatable bonds is 11. The SMILES string of the molecule is COc1cc(CNCCCCCO)ccc1OCCO.Cl. The second-order valence-corrected chi connectivity index (χ2v) is 4.52. The first-order valence-electron chi connectivity index (χ1n) is 7.04. The van der Waals surface area contributed by atoms with Crippen LogP contribution in [0.1, 0.15) is 24.8 Å². The van der Waals surface area contributed by atoms with Gasteiger partial charge in [-0.05, 0) is 43.5 Å². The Morgan fingerprint density at radius 3 is 2.52 bits per heavy atom. The summed E-state index contributed by atoms with van der Waals surface area (Å²) in [5.74, 6) is 1.33. The maximum atomic E-state index is 8.76. The lowest BCUT2D eigenvalue weighted by Gasteiger charge is -2.12. The fourth-order valence-corrected chi connectivity index (χ4v) is 1.87. The molecule has 0 aliphatic carbocycles. The molecule has 21 heavy (non-hydrogen) atoms. The number of aliphatic hydroxyl groups is 2. The number of halogens is 1. The molecule has 1 aromatic rings. The van der Waals surface area contributed by atoms with E-state index in [9.17, 15) is 0 Å². The number of hydrogen-bond acceptors (Lipinski definition) is 5. The largest absolute Gasteiger partial charge is 0.493 e. The number of methoxy groups -OCH3 is 1. The summed E-state index contributed by atoms with van der Waals surface area (Å²) in [6, 6.07) is 5.78. The number of unbranched alkanes of at least 4 members (excludes halogenated alkanes) is 2. The van der Waals surface area contributed by atoms with Gasteiger partial charge < -0.3 is 25.0 Å². The van der Waals surface area contributed by atoms with Crippen molar-refractivity contribution in [1.29, 1.82) is 0 Å². The number of nitrogens with one attached hydrogen (secondary N) is 1. The molecule has 6 heteroatoms. The Morgan fingerprint density at radius 2 is 1.86 bits per heavy atom. The van der Waals surface area contributed by atoms with Crippen LogP contribution in [0.25, 0.3) is 0 Å². The Bertz CT molecular complexity index is 377. The Labute approximate surface area is 132 Å². The molecule has 0 fully saturated rings. The van der Waals surface area contributed by atoms with Crippen LogP contribution >= 0.6 is 12.4 Å². The predicted octanol–water partition coefficient (Wildman–Crippen LogP) is 1.74. The second kappa shape index (κ2) is 12.7. The molecule has 0 aliphatic rings. The maximum Gasteiger partial charge on any atom is 0.161 e. The molecule has 1 rings (SSSR count). The molecule has 0 atom stereocenters. The normalized spacial score (nSPS) is 10.0. The quantitative estimate of drug-likeness (QED) is 0.542. The molecular formula is C15H26ClNO4. The van der Waals surface area contributed by atoms with Crippen LogP contribution in [0.2, 0.25) is 0 Å². The molecule has 0 aliphatic heterocycles. The molecule has 0 aromatic heterocycles. The summed E-state index contributed by atoms with van der Waals surface area (Å²) in [7, 11) is 1.60. The van der Waals surface area contributed by atoms with Crippen LogP contribution in [0.3, 0.4) is 0 Å². The van der Waals surface area contributed by atoms with Gasteiger partial charge in [0.05, 0.1) is 13.7 Å². The van der Waals surface area contributed by atoms with Gasteiger partial charge in [-0.3, -0.25) is 0 Å². The summed E-state index contributed by atoms with van der Waals surface area (Å²) in [6.45, 7) is 2.23. The monoisotopic (exact) mass is 319 g/mol. The van der Waals surface area contributed by atoms with Crippen molar-refractivity contribution < 1.29 is 19.7 Å². The molecule has 122 valence electrons. The van der Waals surface area contributed by atoms with E-state index in [0.717, 1.165) is 37.9 Å². The number of benzene rings is 1. The zero-order valence-corrected chi connectivity index (χ0v) is 13.3. The Hall–Kier alpha value is -1.01. The zero-order valence-electron chi connectivity index (χ0n) is 12.5. The fourth-order valence-electron chi connectivity index (χ4n) is 1.87. The first-order valence-corrected chi connectivity index (χ1v) is 7.04. The fraction of sp³-hybridized carbons (Fsp3) is 0.600. The summed E-state index contributed by atoms with van der Waals surface area (Å²) in [6.07, 6.45) is 2.97. The third-order valence-corrected chi connectivity index (χ3v) is 2.92. The van der Waals surface area contributed by atoms with Crippen molar-refractivity contribution >= 4 is 12.4 Å². The van der Waals surface area contributed by atoms with Crippen molar-refractivity contribution in [2.75, 3.05) is 33.5 Å². The van der Waals surface area contributed by atoms with E-state index >= 15 is 0 Å². The van der Waals surface area contributed by atoms with Gasteiger partial charge in [-0.15, -0.1) is 12.4 Å². The van der Waals surface area contributed by atoms with E-state index in [-0.39, 0.29) is 32.2 Å². The molecule has 0 saturated heterocycles. The van der Waals surface area contributed by atoms with E-state index in [4.69, 9.17) is 19.7 Å². The van der Waals surface area contributed by atoms with Gasteiger partial charge >= 0.3 is 0 Å². The van der Waals surface area contributed by atoms with E-state index < -0.39 is 0 Å². The van der Waals surface area contributed by atoms with Gasteiger partial charge in [0.2, 0.25) is 0 Å². The van der Waals surface area contributed by atoms with Gasteiger partial charge in [-0.25, -0.2) is 0 Å². The lowest BCUT2D eigenvalue weighted by molar-refractivity contribution is 0.196. The van der Waals surface area contributed by atoms with Crippen LogP contribution in [-0.4, -0.2) is 43.7 Å². The smallest absolute Gasteiger partial charge is 0.161 e. The zero-order chi connectivity index (χ0) is 14.6. The number of hydrogen-bond donors (Lipinski definition) is 3. The Kier molecular flexibility index (Phi) is 12.1. The third kappa shape index (κ3) is 8.12. The Balaban J connectivity index is 0.00000400. The molecule has 0 saturated carbocycles. The average Bonchev–Trinajstić information content (AvgIpc) is 2.49. The van der Waals surface area contributed by atoms with Crippen molar-refractivity contribution in [2.45, 2.75) is 25.8 Å². The van der Waals surface area contributed by atoms with Crippen LogP contribution in [-0.2, 0) is 6.54 Å². The van der Waals surface area contributed by atoms with Gasteiger partial charge in [0, 0.05) is 13.2 Å². The first kappa shape index (κ1) is 20.0. The van der Waals surface area contributed by atoms with Crippen LogP contribution in [0, 0.1) is 0 Å². The van der Waals surface area contributed by atoms with E-state index in [1.54, 1.807) is 7.11 Å². The molecule has 0 radical (unpaired) electrons. The Morgan fingerprint density at radius 1 is 1.05 bits per heavy atom. The minimum Gasteiger partial charge on any atom is -0.493 e. The van der Waals surface area contributed by atoms with E-state index in [1.165, 1.54) is 0 Å². The molecular weight excluding hydrogens is 294 g/mol. The average molecular weight is 320 g/mol. The van der Waals surface area contributed by atoms with Crippen molar-refractivity contribution in [3.8, 4) is 11.5 Å². The first-order chi connectivity index (χ1) is 9.81. The van der Waals surface area contributed by atoms with Crippen LogP contribution in [0.5, 0.6) is 11.5 Å². The minimum absolute atomic E-state index is 0. The molecule has 0 amide bonds. The summed E-state index contributed by atoms with van der Waals surface area (Å²) >= 11 is 0. The topological polar surface area (TPSA) is 71.0 Å². The highest BCUT2D eigenvalue weighted by atomic mass is 35.5. The van der Waals surface area contributed by atoms with Gasteiger partial charge in [0.25, 0.3) is 0 Å². The van der Waals surface area contributed by atoms with Crippen molar-refractivity contribution in [3.63, 3.8) is 0 Å². The highest BCUT2D eigenvalue weighted by Gasteiger charge is 2.05. The summed E-state index contributed by atoms with van der Waals surface area (Å²) in [4.78, 5) is 0. The summed E-state index contributed by atoms with van der Waals surface area (Å²) < 4.78 is 10.7. The van der Waals surface area contributed by atoms with E-state index in [0.29, 0.717) is 11.5 Å². The second-order valence-electron chi connectivity index (χ2n) is 4.52. The summed E-state index contributed by atoms with van der Waals surface area (Å²) in [5, 5.41) is 20.8. The predicted molar refractivity (Wildman–Crippen MR) is 85.5 cm³/mol. The molecule has 3 N–H and O–H groups in total. The van der Waals surface area contributed by atoms with Crippen LogP contribution < -0.4 is 14.8 Å². The highest BCUT2D eigenvalue weighted by molar-refractivity contribution is 5.85. The lowest BCUT2D eigenvalue weighted by Crippen LogP contribution is -2.15. The molecule has 1 aromatic carbocycles. The minimum atomic E-state index is -0.0136. The standard InChI is InChI=1S/C15H25NO4.ClH/c1-19-15-11-13(5-6-14(15)20-10-9-18)12-16-7-3-2-4-8-17;/h5-6,11,16-18H,2-4,7-10,12H2,1H3;1H. The van der Waals surface area contributed by atoms with Crippen LogP contribution in [0.4, 0.5) is 0 Å². The summed E-state index contributed by atoms with van der Waals surface area (Å²) in [5.41, 5.74) is 1.13. The van der Waals surface area contributed by atoms with E-state index in [1.807, 2.05) is 18.2 Å². The molecule has 0 spiro atoms. The maximum absolute atomic E-state index is 8.76. The number of ether oxygens (including phenoxy) is 2. The van der Waals surface area contributed by atoms with Gasteiger partial charge in [-0.2, -0.15) is 0 Å². The van der Waals surface area contributed by atoms with Crippen molar-refractivity contribution in [3.05, 3.63) is 23.8 Å². The van der Waals surface area contributed by atoms with Gasteiger partial charge in [0.1, 0.15) is 6.61 Å². The van der Waals surface area contributed by atoms with Gasteiger partial charge in [-0.1, -0.05) is 6.07 Å². The molecule has 5 nitrogen and oxygen atoms in total. The molecule has 0 unspecified atom stereocenters. The molecule has 0 bridgehead atoms. The van der Waals surface area contributed by atoms with Crippen LogP contribution in [0.15, 0.2) is 18.2 Å². The number of aliphatic hydroxyl groups excluding tert-OH is 2. The highest BCUT2D eigenvalue weighted by Crippen LogP contribution is 2.27. The lowest BCUT2D eigenvalue weighted by atomic mass is 10.2. The van der Waals surface area contributed by atoms with Crippen molar-refractivity contribution in [2.24, 2.45) is 0 Å². The van der Waals surface area contributed by atoms with Gasteiger partial charge in [0.15, 0.2) is 11.5 Å². The molecule has 0 heterocycles.